The van der Waals surface area contributed by atoms with Crippen LogP contribution in [0.2, 0.25) is 0 Å². The van der Waals surface area contributed by atoms with E-state index in [1.807, 2.05) is 74.7 Å². The van der Waals surface area contributed by atoms with Gasteiger partial charge in [0.1, 0.15) is 5.52 Å². The molecular formula is C23H25N5O2S. The lowest BCUT2D eigenvalue weighted by Gasteiger charge is -2.11. The molecule has 0 bridgehead atoms. The first-order valence-electron chi connectivity index (χ1n) is 10.1. The Morgan fingerprint density at radius 1 is 1.19 bits per heavy atom. The first-order chi connectivity index (χ1) is 14.7. The fraction of sp³-hybridized carbons (Fsp3) is 0.304. The average Bonchev–Trinajstić information content (AvgIpc) is 3.30. The largest absolute Gasteiger partial charge is 0.440 e. The number of H-pyrrole nitrogens is 1. The van der Waals surface area contributed by atoms with Crippen molar-refractivity contribution >= 4 is 34.9 Å². The van der Waals surface area contributed by atoms with Crippen molar-refractivity contribution in [3.05, 3.63) is 58.7 Å². The molecule has 0 aliphatic carbocycles. The van der Waals surface area contributed by atoms with E-state index in [4.69, 9.17) is 16.6 Å². The molecule has 0 unspecified atom stereocenters. The Balaban J connectivity index is 1.46. The van der Waals surface area contributed by atoms with E-state index in [-0.39, 0.29) is 17.7 Å². The first-order valence-corrected chi connectivity index (χ1v) is 10.5. The van der Waals surface area contributed by atoms with Crippen LogP contribution >= 0.6 is 12.2 Å². The number of benzene rings is 2. The maximum atomic E-state index is 12.6. The van der Waals surface area contributed by atoms with Crippen molar-refractivity contribution < 1.29 is 9.21 Å². The molecule has 31 heavy (non-hydrogen) atoms. The van der Waals surface area contributed by atoms with Gasteiger partial charge in [-0.25, -0.2) is 4.98 Å². The second-order valence-corrected chi connectivity index (χ2v) is 9.01. The fourth-order valence-electron chi connectivity index (χ4n) is 3.21. The van der Waals surface area contributed by atoms with Gasteiger partial charge in [-0.15, -0.1) is 0 Å². The zero-order chi connectivity index (χ0) is 22.2. The monoisotopic (exact) mass is 435 g/mol. The molecule has 7 nitrogen and oxygen atoms in total. The summed E-state index contributed by atoms with van der Waals surface area (Å²) in [6.45, 7) is 8.60. The van der Waals surface area contributed by atoms with Crippen molar-refractivity contribution in [1.29, 1.82) is 0 Å². The highest BCUT2D eigenvalue weighted by Crippen LogP contribution is 2.27. The van der Waals surface area contributed by atoms with E-state index in [1.54, 1.807) is 0 Å². The minimum absolute atomic E-state index is 0.114. The van der Waals surface area contributed by atoms with Crippen LogP contribution < -0.4 is 5.32 Å². The molecule has 0 aliphatic rings. The van der Waals surface area contributed by atoms with Crippen LogP contribution in [0.25, 0.3) is 22.5 Å². The number of hydrogen-bond acceptors (Lipinski definition) is 5. The molecule has 0 saturated carbocycles. The number of nitrogens with one attached hydrogen (secondary N) is 2. The molecule has 4 rings (SSSR count). The van der Waals surface area contributed by atoms with E-state index in [0.29, 0.717) is 28.5 Å². The lowest BCUT2D eigenvalue weighted by Crippen LogP contribution is -2.15. The number of aromatic nitrogens is 4. The zero-order valence-electron chi connectivity index (χ0n) is 18.0. The van der Waals surface area contributed by atoms with Gasteiger partial charge in [0, 0.05) is 29.6 Å². The summed E-state index contributed by atoms with van der Waals surface area (Å²) in [6, 6.07) is 13.5. The lowest BCUT2D eigenvalue weighted by atomic mass is 9.97. The molecule has 1 amide bonds. The van der Waals surface area contributed by atoms with Gasteiger partial charge in [0.15, 0.2) is 16.2 Å². The van der Waals surface area contributed by atoms with Gasteiger partial charge in [-0.1, -0.05) is 50.6 Å². The van der Waals surface area contributed by atoms with Crippen molar-refractivity contribution in [2.24, 2.45) is 0 Å². The van der Waals surface area contributed by atoms with Crippen LogP contribution in [0.3, 0.4) is 0 Å². The normalized spacial score (nSPS) is 11.7. The minimum atomic E-state index is -0.179. The van der Waals surface area contributed by atoms with Gasteiger partial charge in [-0.05, 0) is 37.3 Å². The predicted molar refractivity (Wildman–Crippen MR) is 124 cm³/mol. The number of amides is 1. The summed E-state index contributed by atoms with van der Waals surface area (Å²) in [5.41, 5.74) is 4.05. The van der Waals surface area contributed by atoms with Crippen LogP contribution in [0.5, 0.6) is 0 Å². The van der Waals surface area contributed by atoms with Gasteiger partial charge in [0.25, 0.3) is 0 Å². The molecule has 8 heteroatoms. The van der Waals surface area contributed by atoms with Gasteiger partial charge in [0.05, 0.1) is 0 Å². The van der Waals surface area contributed by atoms with E-state index in [2.05, 4.69) is 20.5 Å². The van der Waals surface area contributed by atoms with E-state index in [9.17, 15) is 4.79 Å². The highest BCUT2D eigenvalue weighted by molar-refractivity contribution is 7.71. The summed E-state index contributed by atoms with van der Waals surface area (Å²) in [4.78, 5) is 17.1. The number of hydrogen-bond donors (Lipinski definition) is 2. The number of carbonyl (C=O) groups excluding carboxylic acids is 1. The minimum Gasteiger partial charge on any atom is -0.440 e. The van der Waals surface area contributed by atoms with E-state index in [1.165, 1.54) is 5.56 Å². The Morgan fingerprint density at radius 3 is 2.65 bits per heavy atom. The first kappa shape index (κ1) is 21.0. The molecule has 2 heterocycles. The third-order valence-electron chi connectivity index (χ3n) is 4.94. The number of anilines is 1. The van der Waals surface area contributed by atoms with Gasteiger partial charge in [0.2, 0.25) is 11.8 Å². The standard InChI is InChI=1S/C23H25N5O2S/c1-14-5-7-15(8-6-14)20-26-27-22(31)28(20)12-11-19(29)24-16-9-10-18-17(13-16)25-21(30-18)23(2,3)4/h5-10,13H,11-12H2,1-4H3,(H,24,29)(H,27,31). The molecule has 0 saturated heterocycles. The maximum Gasteiger partial charge on any atom is 0.226 e. The van der Waals surface area contributed by atoms with Crippen LogP contribution in [0.1, 0.15) is 38.6 Å². The third-order valence-corrected chi connectivity index (χ3v) is 5.26. The number of rotatable bonds is 5. The van der Waals surface area contributed by atoms with Crippen molar-refractivity contribution in [3.63, 3.8) is 0 Å². The molecule has 160 valence electrons. The smallest absolute Gasteiger partial charge is 0.226 e. The summed E-state index contributed by atoms with van der Waals surface area (Å²) < 4.78 is 8.15. The van der Waals surface area contributed by atoms with Gasteiger partial charge >= 0.3 is 0 Å². The predicted octanol–water partition coefficient (Wildman–Crippen LogP) is 5.38. The van der Waals surface area contributed by atoms with E-state index < -0.39 is 0 Å². The van der Waals surface area contributed by atoms with Crippen LogP contribution in [-0.2, 0) is 16.8 Å². The van der Waals surface area contributed by atoms with Crippen molar-refractivity contribution in [2.75, 3.05) is 5.32 Å². The lowest BCUT2D eigenvalue weighted by molar-refractivity contribution is -0.116. The molecule has 2 aromatic carbocycles. The number of oxazole rings is 1. The Morgan fingerprint density at radius 2 is 1.94 bits per heavy atom. The third kappa shape index (κ3) is 4.59. The molecule has 2 N–H and O–H groups in total. The summed E-state index contributed by atoms with van der Waals surface area (Å²) in [6.07, 6.45) is 0.261. The van der Waals surface area contributed by atoms with Gasteiger partial charge in [-0.2, -0.15) is 5.10 Å². The Hall–Kier alpha value is -3.26. The quantitative estimate of drug-likeness (QED) is 0.411. The molecular weight excluding hydrogens is 410 g/mol. The summed E-state index contributed by atoms with van der Waals surface area (Å²) in [5.74, 6) is 1.28. The second kappa shape index (κ2) is 8.11. The topological polar surface area (TPSA) is 88.7 Å². The Labute approximate surface area is 185 Å². The molecule has 4 aromatic rings. The number of nitrogens with zero attached hydrogens (tertiary/aromatic N) is 3. The van der Waals surface area contributed by atoms with E-state index in [0.717, 1.165) is 16.9 Å². The number of aromatic amines is 1. The Kier molecular flexibility index (Phi) is 5.49. The fourth-order valence-corrected chi connectivity index (χ4v) is 3.43. The van der Waals surface area contributed by atoms with Crippen LogP contribution in [0.4, 0.5) is 5.69 Å². The van der Waals surface area contributed by atoms with Crippen molar-refractivity contribution in [3.8, 4) is 11.4 Å². The molecule has 0 spiro atoms. The summed E-state index contributed by atoms with van der Waals surface area (Å²) in [7, 11) is 0. The molecule has 0 radical (unpaired) electrons. The number of carbonyl (C=O) groups is 1. The highest BCUT2D eigenvalue weighted by atomic mass is 32.1. The molecule has 0 fully saturated rings. The van der Waals surface area contributed by atoms with Crippen LogP contribution in [0, 0.1) is 11.7 Å². The molecule has 2 aromatic heterocycles. The molecule has 0 atom stereocenters. The van der Waals surface area contributed by atoms with Crippen molar-refractivity contribution in [1.82, 2.24) is 19.7 Å². The summed E-state index contributed by atoms with van der Waals surface area (Å²) in [5, 5.41) is 10.1. The average molecular weight is 436 g/mol. The number of fused-ring (bicyclic) bond motifs is 1. The maximum absolute atomic E-state index is 12.6. The Bertz CT molecular complexity index is 1290. The zero-order valence-corrected chi connectivity index (χ0v) is 18.8. The highest BCUT2D eigenvalue weighted by Gasteiger charge is 2.21. The van der Waals surface area contributed by atoms with Gasteiger partial charge < -0.3 is 9.73 Å². The molecule has 0 aliphatic heterocycles. The summed E-state index contributed by atoms with van der Waals surface area (Å²) >= 11 is 5.36. The number of aryl methyl sites for hydroxylation is 1. The SMILES string of the molecule is Cc1ccc(-c2n[nH]c(=S)n2CCC(=O)Nc2ccc3oc(C(C)(C)C)nc3c2)cc1. The van der Waals surface area contributed by atoms with E-state index >= 15 is 0 Å². The second-order valence-electron chi connectivity index (χ2n) is 8.62. The van der Waals surface area contributed by atoms with Crippen LogP contribution in [0.15, 0.2) is 46.9 Å². The van der Waals surface area contributed by atoms with Crippen LogP contribution in [-0.4, -0.2) is 25.7 Å². The van der Waals surface area contributed by atoms with Crippen molar-refractivity contribution in [2.45, 2.75) is 46.1 Å². The van der Waals surface area contributed by atoms with Gasteiger partial charge in [-0.3, -0.25) is 14.5 Å².